The molecule has 0 aromatic carbocycles. The Kier molecular flexibility index (Phi) is 3.82. The number of hydrogen-bond acceptors (Lipinski definition) is 2. The van der Waals surface area contributed by atoms with Crippen LogP contribution in [-0.4, -0.2) is 21.3 Å². The third kappa shape index (κ3) is 3.06. The minimum atomic E-state index is -1.14. The van der Waals surface area contributed by atoms with Gasteiger partial charge in [0.15, 0.2) is 0 Å². The Morgan fingerprint density at radius 3 is 3.18 bits per heavy atom. The van der Waals surface area contributed by atoms with Gasteiger partial charge in [-0.15, -0.1) is 0 Å². The first-order valence-electron chi connectivity index (χ1n) is 6.57. The molecule has 4 heteroatoms. The summed E-state index contributed by atoms with van der Waals surface area (Å²) in [4.78, 5) is 4.28. The van der Waals surface area contributed by atoms with Crippen molar-refractivity contribution in [3.05, 3.63) is 18.2 Å². The minimum Gasteiger partial charge on any atom is -0.335 e. The van der Waals surface area contributed by atoms with Gasteiger partial charge in [-0.05, 0) is 32.1 Å². The maximum Gasteiger partial charge on any atom is 0.119 e. The highest BCUT2D eigenvalue weighted by Gasteiger charge is 2.36. The Hall–Kier alpha value is -0.900. The van der Waals surface area contributed by atoms with Crippen LogP contribution in [-0.2, 0) is 13.0 Å². The smallest absolute Gasteiger partial charge is 0.119 e. The maximum atomic E-state index is 14.7. The third-order valence-corrected chi connectivity index (χ3v) is 3.57. The number of nitrogens with two attached hydrogens (primary N) is 1. The fraction of sp³-hybridized carbons (Fsp3) is 0.769. The summed E-state index contributed by atoms with van der Waals surface area (Å²) in [7, 11) is 0. The largest absolute Gasteiger partial charge is 0.335 e. The summed E-state index contributed by atoms with van der Waals surface area (Å²) in [5.74, 6) is 0.864. The van der Waals surface area contributed by atoms with Gasteiger partial charge in [-0.2, -0.15) is 0 Å². The minimum absolute atomic E-state index is 0.0170. The average Bonchev–Trinajstić information content (AvgIpc) is 2.65. The molecule has 2 N–H and O–H groups in total. The van der Waals surface area contributed by atoms with E-state index in [1.54, 1.807) is 6.20 Å². The van der Waals surface area contributed by atoms with E-state index in [-0.39, 0.29) is 6.04 Å². The van der Waals surface area contributed by atoms with E-state index >= 15 is 0 Å². The Bertz CT molecular complexity index is 363. The highest BCUT2D eigenvalue weighted by atomic mass is 19.1. The van der Waals surface area contributed by atoms with E-state index in [4.69, 9.17) is 5.73 Å². The maximum absolute atomic E-state index is 14.7. The summed E-state index contributed by atoms with van der Waals surface area (Å²) >= 11 is 0. The van der Waals surface area contributed by atoms with Gasteiger partial charge in [0.25, 0.3) is 0 Å². The van der Waals surface area contributed by atoms with E-state index < -0.39 is 5.67 Å². The Balaban J connectivity index is 2.05. The lowest BCUT2D eigenvalue weighted by atomic mass is 9.81. The number of aromatic nitrogens is 2. The molecule has 17 heavy (non-hydrogen) atoms. The van der Waals surface area contributed by atoms with Gasteiger partial charge in [0, 0.05) is 31.4 Å². The van der Waals surface area contributed by atoms with Gasteiger partial charge in [-0.25, -0.2) is 9.37 Å². The van der Waals surface area contributed by atoms with E-state index in [1.807, 2.05) is 6.20 Å². The first-order chi connectivity index (χ1) is 8.13. The van der Waals surface area contributed by atoms with Crippen LogP contribution in [0.4, 0.5) is 4.39 Å². The molecule has 2 rings (SSSR count). The van der Waals surface area contributed by atoms with Crippen molar-refractivity contribution in [2.24, 2.45) is 5.73 Å². The van der Waals surface area contributed by atoms with Crippen LogP contribution >= 0.6 is 0 Å². The van der Waals surface area contributed by atoms with Crippen molar-refractivity contribution in [2.75, 3.05) is 0 Å². The second kappa shape index (κ2) is 5.17. The number of imidazole rings is 1. The van der Waals surface area contributed by atoms with Crippen molar-refractivity contribution in [3.63, 3.8) is 0 Å². The fourth-order valence-electron chi connectivity index (χ4n) is 2.75. The van der Waals surface area contributed by atoms with E-state index in [2.05, 4.69) is 16.5 Å². The topological polar surface area (TPSA) is 43.8 Å². The van der Waals surface area contributed by atoms with E-state index in [9.17, 15) is 4.39 Å². The van der Waals surface area contributed by atoms with Gasteiger partial charge in [-0.3, -0.25) is 0 Å². The number of alkyl halides is 1. The number of hydrogen-bond donors (Lipinski definition) is 1. The molecule has 96 valence electrons. The Morgan fingerprint density at radius 1 is 1.65 bits per heavy atom. The molecule has 0 saturated heterocycles. The van der Waals surface area contributed by atoms with Crippen LogP contribution in [0.3, 0.4) is 0 Å². The molecule has 0 amide bonds. The van der Waals surface area contributed by atoms with Gasteiger partial charge in [0.2, 0.25) is 0 Å². The predicted molar refractivity (Wildman–Crippen MR) is 66.5 cm³/mol. The van der Waals surface area contributed by atoms with Crippen LogP contribution < -0.4 is 5.73 Å². The van der Waals surface area contributed by atoms with Crippen molar-refractivity contribution in [1.82, 2.24) is 9.55 Å². The second-order valence-electron chi connectivity index (χ2n) is 5.22. The van der Waals surface area contributed by atoms with Crippen LogP contribution in [0.1, 0.15) is 44.9 Å². The van der Waals surface area contributed by atoms with Crippen LogP contribution in [0, 0.1) is 0 Å². The van der Waals surface area contributed by atoms with Crippen molar-refractivity contribution in [2.45, 2.75) is 63.7 Å². The lowest BCUT2D eigenvalue weighted by molar-refractivity contribution is 0.0931. The third-order valence-electron chi connectivity index (χ3n) is 3.57. The molecule has 1 fully saturated rings. The van der Waals surface area contributed by atoms with Crippen LogP contribution in [0.2, 0.25) is 0 Å². The first kappa shape index (κ1) is 12.6. The molecule has 1 aromatic heterocycles. The summed E-state index contributed by atoms with van der Waals surface area (Å²) < 4.78 is 16.7. The second-order valence-corrected chi connectivity index (χ2v) is 5.22. The van der Waals surface area contributed by atoms with Gasteiger partial charge in [-0.1, -0.05) is 6.92 Å². The average molecular weight is 239 g/mol. The highest BCUT2D eigenvalue weighted by molar-refractivity contribution is 5.01. The SMILES string of the molecule is CCCn1ccnc1CC1(F)CCCC(N)C1. The lowest BCUT2D eigenvalue weighted by Gasteiger charge is -2.32. The molecule has 1 saturated carbocycles. The molecule has 0 aliphatic heterocycles. The normalized spacial score (nSPS) is 29.5. The fourth-order valence-corrected chi connectivity index (χ4v) is 2.75. The molecule has 1 aliphatic carbocycles. The van der Waals surface area contributed by atoms with E-state index in [1.165, 1.54) is 0 Å². The molecule has 0 bridgehead atoms. The van der Waals surface area contributed by atoms with Crippen molar-refractivity contribution >= 4 is 0 Å². The molecule has 2 atom stereocenters. The van der Waals surface area contributed by atoms with Crippen molar-refractivity contribution in [1.29, 1.82) is 0 Å². The van der Waals surface area contributed by atoms with Crippen LogP contribution in [0.25, 0.3) is 0 Å². The Labute approximate surface area is 102 Å². The van der Waals surface area contributed by atoms with Gasteiger partial charge in [0.1, 0.15) is 11.5 Å². The number of nitrogens with zero attached hydrogens (tertiary/aromatic N) is 2. The molecular formula is C13H22FN3. The zero-order valence-corrected chi connectivity index (χ0v) is 10.5. The molecule has 1 aromatic rings. The lowest BCUT2D eigenvalue weighted by Crippen LogP contribution is -2.40. The predicted octanol–water partition coefficient (Wildman–Crippen LogP) is 2.45. The number of aryl methyl sites for hydroxylation is 1. The van der Waals surface area contributed by atoms with Crippen molar-refractivity contribution in [3.8, 4) is 0 Å². The summed E-state index contributed by atoms with van der Waals surface area (Å²) in [6, 6.07) is 0.0170. The number of halogens is 1. The molecular weight excluding hydrogens is 217 g/mol. The summed E-state index contributed by atoms with van der Waals surface area (Å²) in [5.41, 5.74) is 4.72. The first-order valence-corrected chi connectivity index (χ1v) is 6.57. The number of rotatable bonds is 4. The van der Waals surface area contributed by atoms with E-state index in [0.717, 1.165) is 31.6 Å². The molecule has 0 spiro atoms. The zero-order valence-electron chi connectivity index (χ0n) is 10.5. The molecule has 1 heterocycles. The quantitative estimate of drug-likeness (QED) is 0.877. The van der Waals surface area contributed by atoms with Crippen LogP contribution in [0.15, 0.2) is 12.4 Å². The van der Waals surface area contributed by atoms with Crippen LogP contribution in [0.5, 0.6) is 0 Å². The zero-order chi connectivity index (χ0) is 12.3. The molecule has 0 radical (unpaired) electrons. The molecule has 2 unspecified atom stereocenters. The summed E-state index contributed by atoms with van der Waals surface area (Å²) in [5, 5.41) is 0. The Morgan fingerprint density at radius 2 is 2.47 bits per heavy atom. The monoisotopic (exact) mass is 239 g/mol. The van der Waals surface area contributed by atoms with Crippen molar-refractivity contribution < 1.29 is 4.39 Å². The van der Waals surface area contributed by atoms with E-state index in [0.29, 0.717) is 19.3 Å². The molecule has 1 aliphatic rings. The van der Waals surface area contributed by atoms with Gasteiger partial charge < -0.3 is 10.3 Å². The summed E-state index contributed by atoms with van der Waals surface area (Å²) in [6.45, 7) is 3.03. The summed E-state index contributed by atoms with van der Waals surface area (Å²) in [6.07, 6.45) is 8.10. The molecule has 3 nitrogen and oxygen atoms in total. The van der Waals surface area contributed by atoms with Gasteiger partial charge >= 0.3 is 0 Å². The standard InChI is InChI=1S/C13H22FN3/c1-2-7-17-8-6-16-12(17)10-13(14)5-3-4-11(15)9-13/h6,8,11H,2-5,7,9-10,15H2,1H3. The highest BCUT2D eigenvalue weighted by Crippen LogP contribution is 2.34. The van der Waals surface area contributed by atoms with Gasteiger partial charge in [0.05, 0.1) is 0 Å².